The maximum absolute atomic E-state index is 9.60. The van der Waals surface area contributed by atoms with Gasteiger partial charge in [-0.25, -0.2) is 0 Å². The van der Waals surface area contributed by atoms with Crippen LogP contribution in [-0.4, -0.2) is 18.1 Å². The van der Waals surface area contributed by atoms with Gasteiger partial charge in [-0.3, -0.25) is 4.79 Å². The van der Waals surface area contributed by atoms with E-state index in [1.807, 2.05) is 6.92 Å². The molecule has 0 aliphatic rings. The Morgan fingerprint density at radius 2 is 2.00 bits per heavy atom. The van der Waals surface area contributed by atoms with Gasteiger partial charge in [0.25, 0.3) is 0 Å². The molecule has 9 heavy (non-hydrogen) atoms. The van der Waals surface area contributed by atoms with Crippen molar-refractivity contribution in [3.8, 4) is 0 Å². The zero-order valence-corrected chi connectivity index (χ0v) is 6.35. The van der Waals surface area contributed by atoms with Gasteiger partial charge in [-0.05, 0) is 13.5 Å². The van der Waals surface area contributed by atoms with Gasteiger partial charge in [0.1, 0.15) is 0 Å². The molecule has 0 saturated carbocycles. The summed E-state index contributed by atoms with van der Waals surface area (Å²) in [6.45, 7) is 1.84. The average Bonchev–Trinajstić information content (AvgIpc) is 1.72. The zero-order valence-electron chi connectivity index (χ0n) is 7.35. The third-order valence-electron chi connectivity index (χ3n) is 0.464. The van der Waals surface area contributed by atoms with Gasteiger partial charge in [-0.15, -0.1) is 0 Å². The second-order valence-corrected chi connectivity index (χ2v) is 1.14. The Labute approximate surface area is 69.3 Å². The van der Waals surface area contributed by atoms with Crippen molar-refractivity contribution in [3.63, 3.8) is 0 Å². The Balaban J connectivity index is -0.0000000412. The topological polar surface area (TPSA) is 63.3 Å². The van der Waals surface area contributed by atoms with E-state index >= 15 is 0 Å². The maximum Gasteiger partial charge on any atom is 1.00 e. The molecule has 0 aromatic carbocycles. The van der Waals surface area contributed by atoms with Gasteiger partial charge in [0, 0.05) is 6.42 Å². The Kier molecular flexibility index (Phi) is 27.9. The molecule has 4 heteroatoms. The molecule has 3 N–H and O–H groups in total. The van der Waals surface area contributed by atoms with Gasteiger partial charge in [-0.2, -0.15) is 0 Å². The van der Waals surface area contributed by atoms with Crippen LogP contribution in [0.1, 0.15) is 21.2 Å². The summed E-state index contributed by atoms with van der Waals surface area (Å²) in [5.74, 6) is -0.711. The van der Waals surface area contributed by atoms with Crippen molar-refractivity contribution in [1.29, 1.82) is 0 Å². The van der Waals surface area contributed by atoms with Crippen molar-refractivity contribution < 1.29 is 30.2 Å². The van der Waals surface area contributed by atoms with Crippen molar-refractivity contribution >= 4 is 5.97 Å². The van der Waals surface area contributed by atoms with E-state index in [4.69, 9.17) is 5.11 Å². The molecule has 0 atom stereocenters. The van der Waals surface area contributed by atoms with E-state index in [1.165, 1.54) is 7.05 Å². The molecule has 3 nitrogen and oxygen atoms in total. The molecular weight excluding hydrogens is 113 g/mol. The summed E-state index contributed by atoms with van der Waals surface area (Å²) >= 11 is 0. The molecule has 0 unspecified atom stereocenters. The van der Waals surface area contributed by atoms with Gasteiger partial charge < -0.3 is 12.3 Å². The third-order valence-corrected chi connectivity index (χ3v) is 0.464. The first kappa shape index (κ1) is 16.0. The number of nitrogens with two attached hydrogens (primary N) is 1. The van der Waals surface area contributed by atoms with E-state index in [-0.39, 0.29) is 20.3 Å². The van der Waals surface area contributed by atoms with Crippen molar-refractivity contribution in [2.24, 2.45) is 5.73 Å². The normalized spacial score (nSPS) is 6.11. The second-order valence-electron chi connectivity index (χ2n) is 1.14. The molecule has 0 rings (SSSR count). The molecule has 0 fully saturated rings. The van der Waals surface area contributed by atoms with E-state index < -0.39 is 5.97 Å². The number of carbonyl (C=O) groups is 1. The van der Waals surface area contributed by atoms with Crippen LogP contribution in [0.3, 0.4) is 0 Å². The third kappa shape index (κ3) is 31.8. The minimum absolute atomic E-state index is 0. The average molecular weight is 127 g/mol. The van der Waals surface area contributed by atoms with Crippen LogP contribution in [0.2, 0.25) is 0 Å². The molecule has 0 saturated heterocycles. The van der Waals surface area contributed by atoms with Gasteiger partial charge in [0.05, 0.1) is 0 Å². The minimum atomic E-state index is -0.711. The van der Waals surface area contributed by atoms with Crippen molar-refractivity contribution in [2.45, 2.75) is 19.8 Å². The molecule has 0 radical (unpaired) electrons. The van der Waals surface area contributed by atoms with Crippen LogP contribution in [-0.2, 0) is 4.79 Å². The van der Waals surface area contributed by atoms with Crippen LogP contribution in [0, 0.1) is 0 Å². The number of rotatable bonds is 2. The Morgan fingerprint density at radius 1 is 1.67 bits per heavy atom. The monoisotopic (exact) mass is 127 g/mol. The smallest absolute Gasteiger partial charge is 1.00 e. The van der Waals surface area contributed by atoms with Gasteiger partial charge in [-0.1, -0.05) is 6.92 Å². The number of carboxylic acid groups (broad SMARTS) is 1. The second kappa shape index (κ2) is 15.7. The van der Waals surface area contributed by atoms with Crippen LogP contribution in [0.25, 0.3) is 0 Å². The molecule has 0 aromatic rings. The summed E-state index contributed by atoms with van der Waals surface area (Å²) in [5, 5.41) is 7.91. The van der Waals surface area contributed by atoms with E-state index in [2.05, 4.69) is 5.73 Å². The van der Waals surface area contributed by atoms with Gasteiger partial charge in [0.15, 0.2) is 0 Å². The Bertz CT molecular complexity index is 63.6. The standard InChI is InChI=1S/C4H8O2.CH5N.Li.H/c1-2-3-4(5)6;1-2;;/h2-3H2,1H3,(H,5,6);2H2,1H3;;/q;;+1;-1. The molecule has 0 bridgehead atoms. The van der Waals surface area contributed by atoms with Crippen LogP contribution in [0.4, 0.5) is 0 Å². The number of aliphatic carboxylic acids is 1. The predicted octanol–water partition coefficient (Wildman–Crippen LogP) is -2.44. The molecule has 0 heterocycles. The fourth-order valence-electron chi connectivity index (χ4n) is 0.214. The SMILES string of the molecule is CCCC(=O)O.CN.[H-].[Li+]. The summed E-state index contributed by atoms with van der Waals surface area (Å²) < 4.78 is 0. The van der Waals surface area contributed by atoms with E-state index in [0.717, 1.165) is 6.42 Å². The van der Waals surface area contributed by atoms with Crippen LogP contribution < -0.4 is 24.6 Å². The molecule has 0 aromatic heterocycles. The van der Waals surface area contributed by atoms with Gasteiger partial charge >= 0.3 is 24.8 Å². The summed E-state index contributed by atoms with van der Waals surface area (Å²) in [6, 6.07) is 0. The summed E-state index contributed by atoms with van der Waals surface area (Å²) in [7, 11) is 1.50. The van der Waals surface area contributed by atoms with Crippen LogP contribution >= 0.6 is 0 Å². The molecule has 0 amide bonds. The zero-order chi connectivity index (χ0) is 6.99. The van der Waals surface area contributed by atoms with E-state index in [9.17, 15) is 4.79 Å². The van der Waals surface area contributed by atoms with Crippen molar-refractivity contribution in [3.05, 3.63) is 0 Å². The largest absolute Gasteiger partial charge is 1.00 e. The van der Waals surface area contributed by atoms with Crippen LogP contribution in [0.5, 0.6) is 0 Å². The predicted molar refractivity (Wildman–Crippen MR) is 33.8 cm³/mol. The molecule has 52 valence electrons. The minimum Gasteiger partial charge on any atom is -1.00 e. The number of hydrogen-bond acceptors (Lipinski definition) is 2. The van der Waals surface area contributed by atoms with Gasteiger partial charge in [0.2, 0.25) is 0 Å². The fraction of sp³-hybridized carbons (Fsp3) is 0.800. The van der Waals surface area contributed by atoms with E-state index in [0.29, 0.717) is 6.42 Å². The van der Waals surface area contributed by atoms with Crippen molar-refractivity contribution in [2.75, 3.05) is 7.05 Å². The number of carboxylic acids is 1. The summed E-state index contributed by atoms with van der Waals surface area (Å²) in [6.07, 6.45) is 1.02. The Hall–Kier alpha value is 0.0274. The van der Waals surface area contributed by atoms with E-state index in [1.54, 1.807) is 0 Å². The molecule has 0 spiro atoms. The fourth-order valence-corrected chi connectivity index (χ4v) is 0.214. The quantitative estimate of drug-likeness (QED) is 0.405. The molecular formula is C5H14LiNO2. The Morgan fingerprint density at radius 3 is 2.00 bits per heavy atom. The first-order chi connectivity index (χ1) is 3.77. The first-order valence-electron chi connectivity index (χ1n) is 2.57. The van der Waals surface area contributed by atoms with Crippen molar-refractivity contribution in [1.82, 2.24) is 0 Å². The first-order valence-corrected chi connectivity index (χ1v) is 2.57. The summed E-state index contributed by atoms with van der Waals surface area (Å²) in [5.41, 5.74) is 4.50. The maximum atomic E-state index is 9.60. The molecule has 0 aliphatic carbocycles. The number of hydrogen-bond donors (Lipinski definition) is 2. The van der Waals surface area contributed by atoms with Crippen LogP contribution in [0.15, 0.2) is 0 Å². The summed E-state index contributed by atoms with van der Waals surface area (Å²) in [4.78, 5) is 9.60. The molecule has 0 aliphatic heterocycles.